The van der Waals surface area contributed by atoms with Crippen LogP contribution >= 0.6 is 36.0 Å². The normalized spacial score (nSPS) is 16.4. The highest BCUT2D eigenvalue weighted by molar-refractivity contribution is 7.82. The molecule has 0 saturated heterocycles. The molecule has 0 radical (unpaired) electrons. The lowest BCUT2D eigenvalue weighted by atomic mass is 9.90. The maximum absolute atomic E-state index is 12.5. The van der Waals surface area contributed by atoms with E-state index >= 15 is 0 Å². The number of hydrogen-bond acceptors (Lipinski definition) is 8. The molecule has 0 spiro atoms. The minimum atomic E-state index is -0.434. The van der Waals surface area contributed by atoms with Crippen LogP contribution < -0.4 is 0 Å². The molecular weight excluding hydrogens is 640 g/mol. The van der Waals surface area contributed by atoms with Gasteiger partial charge >= 0.3 is 5.24 Å². The van der Waals surface area contributed by atoms with Gasteiger partial charge in [0.05, 0.1) is 19.8 Å². The number of hydrogen-bond donors (Lipinski definition) is 1. The van der Waals surface area contributed by atoms with Crippen LogP contribution in [-0.4, -0.2) is 40.6 Å². The molecule has 46 heavy (non-hydrogen) atoms. The van der Waals surface area contributed by atoms with E-state index in [2.05, 4.69) is 62.0 Å². The zero-order valence-electron chi connectivity index (χ0n) is 29.1. The van der Waals surface area contributed by atoms with Crippen molar-refractivity contribution in [1.82, 2.24) is 0 Å². The predicted molar refractivity (Wildman–Crippen MR) is 195 cm³/mol. The van der Waals surface area contributed by atoms with Gasteiger partial charge in [-0.2, -0.15) is 0 Å². The van der Waals surface area contributed by atoms with Crippen molar-refractivity contribution in [2.45, 2.75) is 88.5 Å². The zero-order valence-corrected chi connectivity index (χ0v) is 31.5. The summed E-state index contributed by atoms with van der Waals surface area (Å²) in [5.41, 5.74) is 9.45. The van der Waals surface area contributed by atoms with Gasteiger partial charge in [-0.25, -0.2) is 0 Å². The zero-order chi connectivity index (χ0) is 35.3. The lowest BCUT2D eigenvalue weighted by molar-refractivity contribution is -0.116. The lowest BCUT2D eigenvalue weighted by Gasteiger charge is -2.21. The molecule has 2 aromatic rings. The molecule has 0 amide bonds. The highest BCUT2D eigenvalue weighted by Gasteiger charge is 2.41. The number of aryl methyl sites for hydroxylation is 6. The van der Waals surface area contributed by atoms with E-state index in [1.807, 2.05) is 48.5 Å². The van der Waals surface area contributed by atoms with Gasteiger partial charge in [-0.3, -0.25) is 9.59 Å². The van der Waals surface area contributed by atoms with Crippen LogP contribution in [0.4, 0.5) is 0 Å². The van der Waals surface area contributed by atoms with Crippen LogP contribution in [0.5, 0.6) is 0 Å². The molecule has 0 aromatic heterocycles. The molecule has 4 rings (SSSR count). The molecule has 0 fully saturated rings. The Bertz CT molecular complexity index is 1570. The standard InChI is InChI=1S/C19H24O3S.C16H20O2.C2H3ClOS/c1-11-7-12(2)14(13(3)8-11)9-15-16(20)10-19(4,5)17(15)22-18(23)21-6;1-9-6-10(2)13(11(3)7-9)14-12(17)8-16(4,5)15(14)18;1-4-2(3)5/h7-8H,9-10H2,1-6H3;6-7,18H,8H2,1-5H3;1H3. The number of carbonyl (C=O) groups excluding carboxylic acids is 2. The number of thiocarbonyl (C=S) groups is 2. The maximum atomic E-state index is 12.5. The number of aliphatic hydroxyl groups excluding tert-OH is 1. The lowest BCUT2D eigenvalue weighted by Crippen LogP contribution is -2.17. The third-order valence-electron chi connectivity index (χ3n) is 8.22. The fraction of sp³-hybridized carbons (Fsp3) is 0.459. The van der Waals surface area contributed by atoms with Gasteiger partial charge in [0.25, 0.3) is 4.51 Å². The Morgan fingerprint density at radius 1 is 0.783 bits per heavy atom. The van der Waals surface area contributed by atoms with Gasteiger partial charge in [0.2, 0.25) is 0 Å². The second-order valence-corrected chi connectivity index (χ2v) is 14.6. The molecule has 0 unspecified atom stereocenters. The molecule has 9 heteroatoms. The summed E-state index contributed by atoms with van der Waals surface area (Å²) >= 11 is 14.2. The van der Waals surface area contributed by atoms with Crippen LogP contribution in [-0.2, 0) is 30.2 Å². The number of rotatable bonds is 4. The van der Waals surface area contributed by atoms with E-state index in [1.54, 1.807) is 0 Å². The van der Waals surface area contributed by atoms with Crippen LogP contribution in [0.25, 0.3) is 5.57 Å². The molecule has 250 valence electrons. The van der Waals surface area contributed by atoms with Gasteiger partial charge in [0.1, 0.15) is 11.5 Å². The molecule has 6 nitrogen and oxygen atoms in total. The van der Waals surface area contributed by atoms with Gasteiger partial charge < -0.3 is 19.3 Å². The van der Waals surface area contributed by atoms with Gasteiger partial charge in [-0.1, -0.05) is 63.1 Å². The first kappa shape index (κ1) is 39.1. The number of carbonyl (C=O) groups is 2. The van der Waals surface area contributed by atoms with Gasteiger partial charge in [-0.15, -0.1) is 0 Å². The van der Waals surface area contributed by atoms with E-state index in [1.165, 1.54) is 42.0 Å². The van der Waals surface area contributed by atoms with Crippen LogP contribution in [0.1, 0.15) is 85.0 Å². The smallest absolute Gasteiger partial charge is 0.357 e. The first-order valence-electron chi connectivity index (χ1n) is 15.0. The fourth-order valence-electron chi connectivity index (χ4n) is 6.17. The minimum Gasteiger partial charge on any atom is -0.511 e. The third-order valence-corrected chi connectivity index (χ3v) is 8.79. The molecule has 0 atom stereocenters. The van der Waals surface area contributed by atoms with E-state index in [0.717, 1.165) is 16.7 Å². The SMILES string of the molecule is COC(=S)Cl.COC(=S)OC1=C(Cc2c(C)cc(C)cc2C)C(=O)CC1(C)C.Cc1cc(C)c(C2=C(O)C(C)(C)CC2=O)c(C)c1. The van der Waals surface area contributed by atoms with Gasteiger partial charge in [0.15, 0.2) is 11.6 Å². The molecule has 2 aromatic carbocycles. The number of ether oxygens (including phenoxy) is 3. The van der Waals surface area contributed by atoms with Crippen molar-refractivity contribution in [2.24, 2.45) is 10.8 Å². The number of ketones is 2. The van der Waals surface area contributed by atoms with Crippen molar-refractivity contribution >= 4 is 62.9 Å². The van der Waals surface area contributed by atoms with Gasteiger partial charge in [0, 0.05) is 47.9 Å². The van der Waals surface area contributed by atoms with Crippen molar-refractivity contribution in [3.8, 4) is 0 Å². The molecule has 0 heterocycles. The van der Waals surface area contributed by atoms with Crippen molar-refractivity contribution < 1.29 is 28.9 Å². The van der Waals surface area contributed by atoms with Crippen molar-refractivity contribution in [2.75, 3.05) is 14.2 Å². The molecule has 0 bridgehead atoms. The Morgan fingerprint density at radius 2 is 1.22 bits per heavy atom. The second-order valence-electron chi connectivity index (χ2n) is 13.3. The Morgan fingerprint density at radius 3 is 1.61 bits per heavy atom. The highest BCUT2D eigenvalue weighted by Crippen LogP contribution is 2.44. The molecule has 2 aliphatic carbocycles. The largest absolute Gasteiger partial charge is 0.511 e. The molecule has 2 aliphatic rings. The summed E-state index contributed by atoms with van der Waals surface area (Å²) in [6, 6.07) is 8.41. The third kappa shape index (κ3) is 9.49. The number of allylic oxidation sites excluding steroid dienone is 4. The van der Waals surface area contributed by atoms with Crippen LogP contribution in [0.2, 0.25) is 0 Å². The van der Waals surface area contributed by atoms with E-state index in [0.29, 0.717) is 36.2 Å². The number of methoxy groups -OCH3 is 2. The summed E-state index contributed by atoms with van der Waals surface area (Å²) in [4.78, 5) is 24.7. The van der Waals surface area contributed by atoms with Crippen LogP contribution in [0.3, 0.4) is 0 Å². The minimum absolute atomic E-state index is 0.0487. The summed E-state index contributed by atoms with van der Waals surface area (Å²) in [6.45, 7) is 20.1. The summed E-state index contributed by atoms with van der Waals surface area (Å²) in [6.07, 6.45) is 1.40. The van der Waals surface area contributed by atoms with E-state index < -0.39 is 5.41 Å². The molecular formula is C37H47ClO6S2. The number of Topliss-reactive ketones (excluding diaryl/α,β-unsaturated/α-hetero) is 2. The molecule has 1 N–H and O–H groups in total. The number of benzene rings is 2. The Labute approximate surface area is 290 Å². The topological polar surface area (TPSA) is 82.1 Å². The van der Waals surface area contributed by atoms with Crippen molar-refractivity contribution in [1.29, 1.82) is 0 Å². The molecule has 0 aliphatic heterocycles. The first-order valence-corrected chi connectivity index (χ1v) is 16.2. The summed E-state index contributed by atoms with van der Waals surface area (Å²) in [7, 11) is 2.90. The van der Waals surface area contributed by atoms with Crippen LogP contribution in [0.15, 0.2) is 41.4 Å². The van der Waals surface area contributed by atoms with E-state index in [4.69, 9.17) is 33.3 Å². The highest BCUT2D eigenvalue weighted by atomic mass is 35.5. The summed E-state index contributed by atoms with van der Waals surface area (Å²) in [5, 5.41) is 10.4. The quantitative estimate of drug-likeness (QED) is 0.252. The fourth-order valence-corrected chi connectivity index (χ4v) is 6.25. The van der Waals surface area contributed by atoms with Crippen LogP contribution in [0, 0.1) is 52.4 Å². The average molecular weight is 687 g/mol. The van der Waals surface area contributed by atoms with Crippen molar-refractivity contribution in [3.63, 3.8) is 0 Å². The first-order chi connectivity index (χ1) is 21.2. The Balaban J connectivity index is 0.000000285. The van der Waals surface area contributed by atoms with Gasteiger partial charge in [-0.05, 0) is 98.7 Å². The average Bonchev–Trinajstić information content (AvgIpc) is 3.26. The second kappa shape index (κ2) is 15.7. The monoisotopic (exact) mass is 686 g/mol. The number of halogens is 1. The van der Waals surface area contributed by atoms with Crippen molar-refractivity contribution in [3.05, 3.63) is 85.9 Å². The Kier molecular flexibility index (Phi) is 13.3. The van der Waals surface area contributed by atoms with E-state index in [9.17, 15) is 14.7 Å². The maximum Gasteiger partial charge on any atom is 0.357 e. The Hall–Kier alpha value is -3.07. The van der Waals surface area contributed by atoms with E-state index in [-0.39, 0.29) is 32.5 Å². The molecule has 0 saturated carbocycles. The predicted octanol–water partition coefficient (Wildman–Crippen LogP) is 9.39. The number of aliphatic hydroxyl groups is 1. The summed E-state index contributed by atoms with van der Waals surface area (Å²) < 4.78 is 15.0. The summed E-state index contributed by atoms with van der Waals surface area (Å²) in [5.74, 6) is 1.06.